The number of hydrazine groups is 1. The number of nitrogens with one attached hydrogen (secondary N) is 1. The highest BCUT2D eigenvalue weighted by atomic mass is 16.5. The van der Waals surface area contributed by atoms with Gasteiger partial charge in [-0.05, 0) is 44.2 Å². The van der Waals surface area contributed by atoms with E-state index in [0.29, 0.717) is 67.5 Å². The van der Waals surface area contributed by atoms with Crippen molar-refractivity contribution in [2.45, 2.75) is 20.0 Å². The highest BCUT2D eigenvalue weighted by molar-refractivity contribution is 5.97. The summed E-state index contributed by atoms with van der Waals surface area (Å²) in [7, 11) is 3.20. The third kappa shape index (κ3) is 6.25. The van der Waals surface area contributed by atoms with Crippen LogP contribution >= 0.6 is 0 Å². The number of hydrogen-bond acceptors (Lipinski definition) is 9. The van der Waals surface area contributed by atoms with Crippen LogP contribution in [0.15, 0.2) is 42.6 Å². The molecule has 1 aliphatic rings. The Bertz CT molecular complexity index is 1300. The van der Waals surface area contributed by atoms with Gasteiger partial charge in [-0.15, -0.1) is 0 Å². The van der Waals surface area contributed by atoms with E-state index in [9.17, 15) is 10.1 Å². The number of methoxy groups -OCH3 is 2. The molecular formula is C28H33N5O5. The average Bonchev–Trinajstić information content (AvgIpc) is 2.92. The Morgan fingerprint density at radius 1 is 1.08 bits per heavy atom. The summed E-state index contributed by atoms with van der Waals surface area (Å²) >= 11 is 0. The van der Waals surface area contributed by atoms with Gasteiger partial charge in [-0.25, -0.2) is 5.01 Å². The molecule has 0 saturated carbocycles. The van der Waals surface area contributed by atoms with E-state index < -0.39 is 0 Å². The number of aromatic nitrogens is 1. The lowest BCUT2D eigenvalue weighted by atomic mass is 10.1. The fourth-order valence-corrected chi connectivity index (χ4v) is 4.32. The molecule has 1 fully saturated rings. The molecule has 10 nitrogen and oxygen atoms in total. The van der Waals surface area contributed by atoms with Crippen molar-refractivity contribution in [3.8, 4) is 23.3 Å². The second-order valence-electron chi connectivity index (χ2n) is 9.10. The number of pyridine rings is 1. The minimum Gasteiger partial charge on any atom is -0.493 e. The van der Waals surface area contributed by atoms with Crippen LogP contribution in [0.4, 0.5) is 5.69 Å². The van der Waals surface area contributed by atoms with E-state index in [4.69, 9.17) is 18.9 Å². The van der Waals surface area contributed by atoms with E-state index in [1.54, 1.807) is 44.7 Å². The van der Waals surface area contributed by atoms with Gasteiger partial charge in [0.05, 0.1) is 36.6 Å². The van der Waals surface area contributed by atoms with E-state index in [2.05, 4.69) is 21.4 Å². The van der Waals surface area contributed by atoms with Crippen LogP contribution in [-0.4, -0.2) is 75.6 Å². The molecule has 1 N–H and O–H groups in total. The molecule has 0 aliphatic carbocycles. The minimum absolute atomic E-state index is 0.0717. The van der Waals surface area contributed by atoms with Crippen LogP contribution in [0, 0.1) is 11.3 Å². The predicted octanol–water partition coefficient (Wildman–Crippen LogP) is 3.39. The van der Waals surface area contributed by atoms with Gasteiger partial charge in [-0.3, -0.25) is 15.2 Å². The number of carbonyl (C=O) groups is 1. The third-order valence-corrected chi connectivity index (χ3v) is 6.13. The highest BCUT2D eigenvalue weighted by Gasteiger charge is 2.24. The van der Waals surface area contributed by atoms with Crippen molar-refractivity contribution in [2.24, 2.45) is 0 Å². The topological polar surface area (TPSA) is 109 Å². The second-order valence-corrected chi connectivity index (χ2v) is 9.10. The molecule has 1 aliphatic heterocycles. The molecule has 2 heterocycles. The van der Waals surface area contributed by atoms with E-state index in [1.165, 1.54) is 0 Å². The Labute approximate surface area is 222 Å². The standard InChI is InChI=1S/C28H33N5O5/c1-19(2)38-22-7-5-20(6-8-22)28(34)31-33-11-9-32(10-12-33)27-21(17-29)18-30-24-16-26(37-14-13-35-3)25(36-4)15-23(24)27/h5-8,15-16,18-19H,9-14H2,1-4H3,(H,31,34). The van der Waals surface area contributed by atoms with Gasteiger partial charge in [0.25, 0.3) is 5.91 Å². The van der Waals surface area contributed by atoms with Crippen molar-refractivity contribution in [2.75, 3.05) is 58.5 Å². The van der Waals surface area contributed by atoms with Crippen LogP contribution in [0.3, 0.4) is 0 Å². The lowest BCUT2D eigenvalue weighted by molar-refractivity contribution is 0.0777. The normalized spacial score (nSPS) is 13.8. The van der Waals surface area contributed by atoms with Crippen molar-refractivity contribution in [1.82, 2.24) is 15.4 Å². The molecule has 38 heavy (non-hydrogen) atoms. The van der Waals surface area contributed by atoms with Crippen LogP contribution < -0.4 is 24.5 Å². The number of hydrogen-bond donors (Lipinski definition) is 1. The number of piperazine rings is 1. The maximum Gasteiger partial charge on any atom is 0.265 e. The molecule has 0 radical (unpaired) electrons. The van der Waals surface area contributed by atoms with Gasteiger partial charge in [0, 0.05) is 56.5 Å². The second kappa shape index (κ2) is 12.4. The number of fused-ring (bicyclic) bond motifs is 1. The summed E-state index contributed by atoms with van der Waals surface area (Å²) in [6.45, 7) is 7.15. The van der Waals surface area contributed by atoms with E-state index >= 15 is 0 Å². The maximum absolute atomic E-state index is 12.8. The van der Waals surface area contributed by atoms with E-state index in [-0.39, 0.29) is 12.0 Å². The van der Waals surface area contributed by atoms with Gasteiger partial charge in [0.1, 0.15) is 18.4 Å². The summed E-state index contributed by atoms with van der Waals surface area (Å²) in [4.78, 5) is 19.4. The number of amides is 1. The summed E-state index contributed by atoms with van der Waals surface area (Å²) < 4.78 is 22.1. The van der Waals surface area contributed by atoms with Crippen molar-refractivity contribution >= 4 is 22.5 Å². The Balaban J connectivity index is 1.47. The molecule has 4 rings (SSSR count). The zero-order valence-corrected chi connectivity index (χ0v) is 22.2. The molecule has 2 aromatic carbocycles. The first-order chi connectivity index (χ1) is 18.4. The van der Waals surface area contributed by atoms with Crippen LogP contribution in [0.2, 0.25) is 0 Å². The molecule has 0 spiro atoms. The summed E-state index contributed by atoms with van der Waals surface area (Å²) in [5.74, 6) is 1.68. The molecular weight excluding hydrogens is 486 g/mol. The molecule has 1 aromatic heterocycles. The number of anilines is 1. The van der Waals surface area contributed by atoms with Crippen molar-refractivity contribution in [3.63, 3.8) is 0 Å². The summed E-state index contributed by atoms with van der Waals surface area (Å²) in [5, 5.41) is 12.5. The monoisotopic (exact) mass is 519 g/mol. The van der Waals surface area contributed by atoms with Gasteiger partial charge in [-0.1, -0.05) is 0 Å². The number of ether oxygens (including phenoxy) is 4. The first-order valence-electron chi connectivity index (χ1n) is 12.5. The van der Waals surface area contributed by atoms with Gasteiger partial charge in [0.2, 0.25) is 0 Å². The Morgan fingerprint density at radius 2 is 1.82 bits per heavy atom. The van der Waals surface area contributed by atoms with E-state index in [1.807, 2.05) is 31.0 Å². The van der Waals surface area contributed by atoms with Crippen LogP contribution in [0.5, 0.6) is 17.2 Å². The molecule has 1 amide bonds. The van der Waals surface area contributed by atoms with Crippen molar-refractivity contribution in [1.29, 1.82) is 5.26 Å². The molecule has 10 heteroatoms. The van der Waals surface area contributed by atoms with Gasteiger partial charge >= 0.3 is 0 Å². The smallest absolute Gasteiger partial charge is 0.265 e. The number of benzene rings is 2. The quantitative estimate of drug-likeness (QED) is 0.403. The van der Waals surface area contributed by atoms with Crippen molar-refractivity contribution < 1.29 is 23.7 Å². The number of carbonyl (C=O) groups excluding carboxylic acids is 1. The molecule has 1 saturated heterocycles. The first kappa shape index (κ1) is 27.0. The molecule has 3 aromatic rings. The highest BCUT2D eigenvalue weighted by Crippen LogP contribution is 2.37. The fourth-order valence-electron chi connectivity index (χ4n) is 4.32. The average molecular weight is 520 g/mol. The van der Waals surface area contributed by atoms with E-state index in [0.717, 1.165) is 16.8 Å². The number of nitriles is 1. The largest absolute Gasteiger partial charge is 0.493 e. The first-order valence-corrected chi connectivity index (χ1v) is 12.5. The summed E-state index contributed by atoms with van der Waals surface area (Å²) in [6.07, 6.45) is 1.66. The molecule has 0 atom stereocenters. The Kier molecular flexibility index (Phi) is 8.84. The Morgan fingerprint density at radius 3 is 2.45 bits per heavy atom. The predicted molar refractivity (Wildman–Crippen MR) is 144 cm³/mol. The van der Waals surface area contributed by atoms with Gasteiger partial charge < -0.3 is 23.8 Å². The molecule has 200 valence electrons. The van der Waals surface area contributed by atoms with Gasteiger partial charge in [-0.2, -0.15) is 5.26 Å². The zero-order valence-electron chi connectivity index (χ0n) is 22.2. The Hall–Kier alpha value is -4.07. The SMILES string of the molecule is COCCOc1cc2ncc(C#N)c(N3CCN(NC(=O)c4ccc(OC(C)C)cc4)CC3)c2cc1OC. The molecule has 0 bridgehead atoms. The zero-order chi connectivity index (χ0) is 27.1. The fraction of sp³-hybridized carbons (Fsp3) is 0.393. The van der Waals surface area contributed by atoms with Crippen molar-refractivity contribution in [3.05, 3.63) is 53.7 Å². The van der Waals surface area contributed by atoms with Crippen LogP contribution in [-0.2, 0) is 4.74 Å². The van der Waals surface area contributed by atoms with Crippen LogP contribution in [0.25, 0.3) is 10.9 Å². The maximum atomic E-state index is 12.8. The lowest BCUT2D eigenvalue weighted by Gasteiger charge is -2.36. The summed E-state index contributed by atoms with van der Waals surface area (Å²) in [6, 6.07) is 13.1. The third-order valence-electron chi connectivity index (χ3n) is 6.13. The number of nitrogens with zero attached hydrogens (tertiary/aromatic N) is 4. The van der Waals surface area contributed by atoms with Gasteiger partial charge in [0.15, 0.2) is 11.5 Å². The summed E-state index contributed by atoms with van der Waals surface area (Å²) in [5.41, 5.74) is 5.53. The number of rotatable bonds is 10. The molecule has 0 unspecified atom stereocenters. The lowest BCUT2D eigenvalue weighted by Crippen LogP contribution is -2.53. The minimum atomic E-state index is -0.174. The van der Waals surface area contributed by atoms with Crippen LogP contribution in [0.1, 0.15) is 29.8 Å².